The van der Waals surface area contributed by atoms with Crippen molar-refractivity contribution >= 4 is 5.91 Å². The average molecular weight is 295 g/mol. The molecule has 0 aromatic carbocycles. The third-order valence-corrected chi connectivity index (χ3v) is 3.92. The van der Waals surface area contributed by atoms with Crippen molar-refractivity contribution in [2.45, 2.75) is 39.2 Å². The van der Waals surface area contributed by atoms with E-state index in [9.17, 15) is 9.90 Å². The molecule has 1 fully saturated rings. The minimum Gasteiger partial charge on any atom is -0.447 e. The Balaban J connectivity index is 1.93. The standard InChI is InChI=1S/C15H25N3O3/c1-4-12(19)9-17-5-7-18(8-6-17)15(20)13-14(11(2)3)21-10-16-13/h10-12,19H,4-9H2,1-3H3. The Kier molecular flexibility index (Phi) is 5.36. The summed E-state index contributed by atoms with van der Waals surface area (Å²) in [5.41, 5.74) is 0.437. The van der Waals surface area contributed by atoms with E-state index in [-0.39, 0.29) is 17.9 Å². The molecule has 6 nitrogen and oxygen atoms in total. The molecule has 1 aliphatic heterocycles. The van der Waals surface area contributed by atoms with Crippen molar-refractivity contribution in [3.8, 4) is 0 Å². The monoisotopic (exact) mass is 295 g/mol. The van der Waals surface area contributed by atoms with Gasteiger partial charge in [0.2, 0.25) is 0 Å². The second kappa shape index (κ2) is 7.04. The van der Waals surface area contributed by atoms with Gasteiger partial charge in [-0.15, -0.1) is 0 Å². The van der Waals surface area contributed by atoms with E-state index in [0.717, 1.165) is 19.5 Å². The first-order valence-electron chi connectivity index (χ1n) is 7.66. The lowest BCUT2D eigenvalue weighted by molar-refractivity contribution is 0.0518. The molecule has 1 unspecified atom stereocenters. The molecule has 6 heteroatoms. The van der Waals surface area contributed by atoms with E-state index < -0.39 is 0 Å². The third-order valence-electron chi connectivity index (χ3n) is 3.92. The number of aliphatic hydroxyl groups excluding tert-OH is 1. The first-order chi connectivity index (χ1) is 10.0. The predicted octanol–water partition coefficient (Wildman–Crippen LogP) is 1.33. The van der Waals surface area contributed by atoms with Crippen LogP contribution in [0, 0.1) is 0 Å². The van der Waals surface area contributed by atoms with E-state index in [0.29, 0.717) is 31.1 Å². The van der Waals surface area contributed by atoms with Crippen molar-refractivity contribution in [2.75, 3.05) is 32.7 Å². The number of carbonyl (C=O) groups excluding carboxylic acids is 1. The van der Waals surface area contributed by atoms with Crippen LogP contribution in [-0.2, 0) is 0 Å². The normalized spacial score (nSPS) is 18.2. The van der Waals surface area contributed by atoms with Gasteiger partial charge in [0.15, 0.2) is 12.1 Å². The molecule has 2 heterocycles. The number of piperazine rings is 1. The highest BCUT2D eigenvalue weighted by atomic mass is 16.3. The summed E-state index contributed by atoms with van der Waals surface area (Å²) in [7, 11) is 0. The summed E-state index contributed by atoms with van der Waals surface area (Å²) < 4.78 is 5.32. The van der Waals surface area contributed by atoms with Gasteiger partial charge in [0.1, 0.15) is 5.76 Å². The fourth-order valence-electron chi connectivity index (χ4n) is 2.54. The summed E-state index contributed by atoms with van der Waals surface area (Å²) in [6, 6.07) is 0. The smallest absolute Gasteiger partial charge is 0.276 e. The average Bonchev–Trinajstić information content (AvgIpc) is 2.96. The Hall–Kier alpha value is -1.40. The van der Waals surface area contributed by atoms with E-state index in [1.807, 2.05) is 25.7 Å². The zero-order chi connectivity index (χ0) is 15.4. The molecule has 1 amide bonds. The lowest BCUT2D eigenvalue weighted by Crippen LogP contribution is -2.50. The molecule has 0 radical (unpaired) electrons. The van der Waals surface area contributed by atoms with Gasteiger partial charge in [0.05, 0.1) is 6.10 Å². The van der Waals surface area contributed by atoms with E-state index in [4.69, 9.17) is 4.42 Å². The number of β-amino-alcohol motifs (C(OH)–C–C–N with tert-alkyl or cyclic N) is 1. The van der Waals surface area contributed by atoms with Gasteiger partial charge in [-0.3, -0.25) is 9.69 Å². The third kappa shape index (κ3) is 3.83. The molecule has 1 N–H and O–H groups in total. The lowest BCUT2D eigenvalue weighted by Gasteiger charge is -2.35. The molecule has 1 saturated heterocycles. The van der Waals surface area contributed by atoms with Crippen LogP contribution in [0.25, 0.3) is 0 Å². The highest BCUT2D eigenvalue weighted by Gasteiger charge is 2.27. The fraction of sp³-hybridized carbons (Fsp3) is 0.733. The van der Waals surface area contributed by atoms with Crippen molar-refractivity contribution in [3.63, 3.8) is 0 Å². The molecule has 118 valence electrons. The van der Waals surface area contributed by atoms with E-state index in [1.54, 1.807) is 0 Å². The Bertz CT molecular complexity index is 464. The number of carbonyl (C=O) groups is 1. The number of rotatable bonds is 5. The molecule has 0 saturated carbocycles. The summed E-state index contributed by atoms with van der Waals surface area (Å²) >= 11 is 0. The van der Waals surface area contributed by atoms with Crippen LogP contribution in [0.4, 0.5) is 0 Å². The molecule has 0 bridgehead atoms. The number of aromatic nitrogens is 1. The molecular formula is C15H25N3O3. The first kappa shape index (κ1) is 16.0. The second-order valence-corrected chi connectivity index (χ2v) is 5.87. The SMILES string of the molecule is CCC(O)CN1CCN(C(=O)c2ncoc2C(C)C)CC1. The topological polar surface area (TPSA) is 69.8 Å². The number of amides is 1. The van der Waals surface area contributed by atoms with Crippen molar-refractivity contribution in [1.29, 1.82) is 0 Å². The van der Waals surface area contributed by atoms with Gasteiger partial charge in [0.25, 0.3) is 5.91 Å². The number of hydrogen-bond donors (Lipinski definition) is 1. The zero-order valence-electron chi connectivity index (χ0n) is 13.1. The number of hydrogen-bond acceptors (Lipinski definition) is 5. The fourth-order valence-corrected chi connectivity index (χ4v) is 2.54. The Labute approximate surface area is 125 Å². The van der Waals surface area contributed by atoms with E-state index in [2.05, 4.69) is 9.88 Å². The van der Waals surface area contributed by atoms with Crippen molar-refractivity contribution < 1.29 is 14.3 Å². The maximum absolute atomic E-state index is 12.5. The predicted molar refractivity (Wildman–Crippen MR) is 79.2 cm³/mol. The molecule has 0 spiro atoms. The van der Waals surface area contributed by atoms with Gasteiger partial charge >= 0.3 is 0 Å². The summed E-state index contributed by atoms with van der Waals surface area (Å²) in [5, 5.41) is 9.69. The minimum absolute atomic E-state index is 0.0526. The van der Waals surface area contributed by atoms with Gasteiger partial charge in [0, 0.05) is 38.6 Å². The molecule has 1 aromatic rings. The quantitative estimate of drug-likeness (QED) is 0.887. The van der Waals surface area contributed by atoms with Crippen LogP contribution in [0.2, 0.25) is 0 Å². The van der Waals surface area contributed by atoms with Crippen LogP contribution in [0.3, 0.4) is 0 Å². The minimum atomic E-state index is -0.282. The van der Waals surface area contributed by atoms with Crippen molar-refractivity contribution in [1.82, 2.24) is 14.8 Å². The lowest BCUT2D eigenvalue weighted by atomic mass is 10.1. The van der Waals surface area contributed by atoms with Gasteiger partial charge in [-0.1, -0.05) is 20.8 Å². The number of oxazole rings is 1. The first-order valence-corrected chi connectivity index (χ1v) is 7.66. The Morgan fingerprint density at radius 2 is 2.05 bits per heavy atom. The molecular weight excluding hydrogens is 270 g/mol. The highest BCUT2D eigenvalue weighted by molar-refractivity contribution is 5.93. The molecule has 21 heavy (non-hydrogen) atoms. The maximum atomic E-state index is 12.5. The Morgan fingerprint density at radius 3 is 2.62 bits per heavy atom. The molecule has 1 aromatic heterocycles. The van der Waals surface area contributed by atoms with Crippen LogP contribution < -0.4 is 0 Å². The van der Waals surface area contributed by atoms with Gasteiger partial charge in [-0.25, -0.2) is 4.98 Å². The molecule has 1 atom stereocenters. The van der Waals surface area contributed by atoms with Crippen LogP contribution in [0.15, 0.2) is 10.8 Å². The summed E-state index contributed by atoms with van der Waals surface area (Å²) in [5.74, 6) is 0.749. The van der Waals surface area contributed by atoms with Gasteiger partial charge in [-0.2, -0.15) is 0 Å². The van der Waals surface area contributed by atoms with Crippen molar-refractivity contribution in [3.05, 3.63) is 17.8 Å². The summed E-state index contributed by atoms with van der Waals surface area (Å²) in [6.07, 6.45) is 1.82. The number of nitrogens with zero attached hydrogens (tertiary/aromatic N) is 3. The summed E-state index contributed by atoms with van der Waals surface area (Å²) in [6.45, 7) is 9.54. The maximum Gasteiger partial charge on any atom is 0.276 e. The number of aliphatic hydroxyl groups is 1. The van der Waals surface area contributed by atoms with Crippen molar-refractivity contribution in [2.24, 2.45) is 0 Å². The second-order valence-electron chi connectivity index (χ2n) is 5.87. The summed E-state index contributed by atoms with van der Waals surface area (Å²) in [4.78, 5) is 20.6. The van der Waals surface area contributed by atoms with Gasteiger partial charge in [-0.05, 0) is 6.42 Å². The molecule has 2 rings (SSSR count). The van der Waals surface area contributed by atoms with Crippen LogP contribution in [0.5, 0.6) is 0 Å². The highest BCUT2D eigenvalue weighted by Crippen LogP contribution is 2.20. The largest absolute Gasteiger partial charge is 0.447 e. The molecule has 0 aliphatic carbocycles. The van der Waals surface area contributed by atoms with Gasteiger partial charge < -0.3 is 14.4 Å². The Morgan fingerprint density at radius 1 is 1.38 bits per heavy atom. The van der Waals surface area contributed by atoms with Crippen LogP contribution >= 0.6 is 0 Å². The van der Waals surface area contributed by atoms with E-state index in [1.165, 1.54) is 6.39 Å². The zero-order valence-corrected chi connectivity index (χ0v) is 13.1. The van der Waals surface area contributed by atoms with Crippen LogP contribution in [-0.4, -0.2) is 64.6 Å². The van der Waals surface area contributed by atoms with E-state index >= 15 is 0 Å². The molecule has 1 aliphatic rings. The van der Waals surface area contributed by atoms with Crippen LogP contribution in [0.1, 0.15) is 49.4 Å².